The third-order valence-electron chi connectivity index (χ3n) is 12.7. The van der Waals surface area contributed by atoms with E-state index in [1.807, 2.05) is 27.7 Å². The van der Waals surface area contributed by atoms with Gasteiger partial charge in [-0.1, -0.05) is 164 Å². The van der Waals surface area contributed by atoms with E-state index in [0.29, 0.717) is 0 Å². The summed E-state index contributed by atoms with van der Waals surface area (Å²) < 4.78 is -1.46. The van der Waals surface area contributed by atoms with Crippen molar-refractivity contribution in [3.8, 4) is 0 Å². The first-order valence-corrected chi connectivity index (χ1v) is 29.0. The second kappa shape index (κ2) is 40.8. The van der Waals surface area contributed by atoms with Crippen molar-refractivity contribution in [1.29, 1.82) is 0 Å². The number of rotatable bonds is 34. The van der Waals surface area contributed by atoms with Crippen molar-refractivity contribution < 1.29 is 39.6 Å². The van der Waals surface area contributed by atoms with Gasteiger partial charge in [0.05, 0.1) is 0 Å². The van der Waals surface area contributed by atoms with E-state index < -0.39 is 52.8 Å². The number of carboxylic acids is 4. The van der Waals surface area contributed by atoms with Crippen molar-refractivity contribution in [3.05, 3.63) is 0 Å². The van der Waals surface area contributed by atoms with Gasteiger partial charge in [0.25, 0.3) is 0 Å². The maximum Gasteiger partial charge on any atom is 0.321 e. The molecule has 0 aliphatic heterocycles. The molecule has 0 aromatic heterocycles. The summed E-state index contributed by atoms with van der Waals surface area (Å²) in [4.78, 5) is 44.0. The van der Waals surface area contributed by atoms with Crippen LogP contribution in [-0.4, -0.2) is 105 Å². The van der Waals surface area contributed by atoms with Crippen LogP contribution >= 0.6 is 47.9 Å². The van der Waals surface area contributed by atoms with E-state index in [4.69, 9.17) is 38.3 Å². The van der Waals surface area contributed by atoms with Crippen molar-refractivity contribution in [2.45, 2.75) is 272 Å². The molecule has 0 amide bonds. The van der Waals surface area contributed by atoms with Crippen LogP contribution in [0.4, 0.5) is 0 Å². The maximum atomic E-state index is 11.2. The zero-order chi connectivity index (χ0) is 51.2. The topological polar surface area (TPSA) is 253 Å². The zero-order valence-electron chi connectivity index (χ0n) is 43.2. The smallest absolute Gasteiger partial charge is 0.321 e. The van der Waals surface area contributed by atoms with Crippen LogP contribution in [0, 0.1) is 0 Å². The Morgan fingerprint density at radius 2 is 0.788 bits per heavy atom. The highest BCUT2D eigenvalue weighted by atomic mass is 32.2. The lowest BCUT2D eigenvalue weighted by Crippen LogP contribution is -2.48. The van der Waals surface area contributed by atoms with Gasteiger partial charge < -0.3 is 43.4 Å². The second-order valence-electron chi connectivity index (χ2n) is 18.8. The summed E-state index contributed by atoms with van der Waals surface area (Å²) in [5.41, 5.74) is 23.2. The van der Waals surface area contributed by atoms with E-state index in [-0.39, 0.29) is 14.2 Å². The molecule has 394 valence electrons. The fraction of sp³-hybridized carbons (Fsp3) is 0.920. The lowest BCUT2D eigenvalue weighted by atomic mass is 9.91. The van der Waals surface area contributed by atoms with Crippen LogP contribution in [0.2, 0.25) is 0 Å². The highest BCUT2D eigenvalue weighted by Crippen LogP contribution is 2.37. The highest BCUT2D eigenvalue weighted by molar-refractivity contribution is 8.01. The molecule has 0 heterocycles. The van der Waals surface area contributed by atoms with Crippen molar-refractivity contribution in [2.24, 2.45) is 22.9 Å². The quantitative estimate of drug-likeness (QED) is 0.0165. The first-order chi connectivity index (χ1) is 31.0. The Morgan fingerprint density at radius 3 is 1.08 bits per heavy atom. The molecule has 0 saturated heterocycles. The SMILES string of the molecule is CCCCCCC(C)(SCC)C(N)C(=O)O.CCCCCCC(C)(SCCC)C(N)C(=O)O.CCCCCCSC(C)(CCCCCC)C(N)C(=O)O.NC(C(=O)O)C1(S)CCCCCC1. The van der Waals surface area contributed by atoms with Crippen LogP contribution in [0.3, 0.4) is 0 Å². The molecular formula is C50H102N4O8S4. The summed E-state index contributed by atoms with van der Waals surface area (Å²) in [6, 6.07) is -3.12. The molecule has 7 atom stereocenters. The number of unbranched alkanes of at least 4 members (excludes halogenated alkanes) is 12. The van der Waals surface area contributed by atoms with Crippen LogP contribution in [0.25, 0.3) is 0 Å². The van der Waals surface area contributed by atoms with E-state index in [1.165, 1.54) is 89.9 Å². The van der Waals surface area contributed by atoms with Crippen LogP contribution in [-0.2, 0) is 19.2 Å². The van der Waals surface area contributed by atoms with Crippen molar-refractivity contribution in [1.82, 2.24) is 0 Å². The first-order valence-electron chi connectivity index (χ1n) is 25.6. The number of thiol groups is 1. The Bertz CT molecular complexity index is 1250. The molecule has 1 rings (SSSR count). The molecule has 0 aromatic rings. The molecule has 0 aromatic carbocycles. The number of aliphatic carboxylic acids is 4. The van der Waals surface area contributed by atoms with Crippen LogP contribution in [0.5, 0.6) is 0 Å². The van der Waals surface area contributed by atoms with Gasteiger partial charge in [0, 0.05) is 19.0 Å². The van der Waals surface area contributed by atoms with Gasteiger partial charge in [0.15, 0.2) is 0 Å². The predicted octanol–water partition coefficient (Wildman–Crippen LogP) is 12.0. The van der Waals surface area contributed by atoms with E-state index in [9.17, 15) is 24.3 Å². The highest BCUT2D eigenvalue weighted by Gasteiger charge is 2.39. The van der Waals surface area contributed by atoms with Crippen LogP contribution in [0.15, 0.2) is 0 Å². The van der Waals surface area contributed by atoms with Crippen LogP contribution < -0.4 is 22.9 Å². The number of nitrogens with two attached hydrogens (primary N) is 4. The molecule has 0 radical (unpaired) electrons. The zero-order valence-corrected chi connectivity index (χ0v) is 46.6. The van der Waals surface area contributed by atoms with E-state index in [2.05, 4.69) is 47.2 Å². The summed E-state index contributed by atoms with van der Waals surface area (Å²) in [6.07, 6.45) is 28.7. The Hall–Kier alpha value is -0.880. The van der Waals surface area contributed by atoms with Crippen molar-refractivity contribution in [3.63, 3.8) is 0 Å². The number of hydrogen-bond donors (Lipinski definition) is 9. The number of carbonyl (C=O) groups is 4. The lowest BCUT2D eigenvalue weighted by Gasteiger charge is -2.32. The third-order valence-corrected chi connectivity index (χ3v) is 18.2. The Morgan fingerprint density at radius 1 is 0.470 bits per heavy atom. The standard InChI is InChI=1S/C16H33NO2S.C13H27NO2S.C12H25NO2S.C9H17NO2S/c1-4-6-8-10-12-16(3,14(17)15(18)19)20-13-11-9-7-5-2;1-4-6-7-8-9-13(3,17-10-5-2)11(14)12(15)16;1-4-6-7-8-9-12(3,16-5-2)10(13)11(14)15;10-7(8(11)12)9(13)5-3-1-2-4-6-9/h14H,4-13,17H2,1-3H3,(H,18,19);11H,4-10,14H2,1-3H3,(H,15,16);10H,4-9,13H2,1-3H3,(H,14,15);7,13H,1-6,10H2,(H,11,12). The Kier molecular flexibility index (Phi) is 42.9. The van der Waals surface area contributed by atoms with Gasteiger partial charge in [-0.3, -0.25) is 19.2 Å². The normalized spacial score (nSPS) is 18.0. The lowest BCUT2D eigenvalue weighted by molar-refractivity contribution is -0.140. The average Bonchev–Trinajstić information content (AvgIpc) is 3.51. The monoisotopic (exact) mass is 1010 g/mol. The first kappa shape index (κ1) is 69.4. The van der Waals surface area contributed by atoms with Gasteiger partial charge in [-0.2, -0.15) is 47.9 Å². The fourth-order valence-electron chi connectivity index (χ4n) is 7.83. The molecule has 0 bridgehead atoms. The second-order valence-corrected chi connectivity index (χ2v) is 24.8. The van der Waals surface area contributed by atoms with Gasteiger partial charge in [-0.25, -0.2) is 0 Å². The molecule has 1 aliphatic rings. The molecule has 1 saturated carbocycles. The molecule has 12 N–H and O–H groups in total. The van der Waals surface area contributed by atoms with Crippen molar-refractivity contribution >= 4 is 71.8 Å². The van der Waals surface area contributed by atoms with Crippen molar-refractivity contribution in [2.75, 3.05) is 17.3 Å². The molecule has 1 aliphatic carbocycles. The molecule has 0 spiro atoms. The van der Waals surface area contributed by atoms with E-state index in [1.54, 1.807) is 35.3 Å². The summed E-state index contributed by atoms with van der Waals surface area (Å²) in [5, 5.41) is 36.1. The number of hydrogen-bond acceptors (Lipinski definition) is 12. The van der Waals surface area contributed by atoms with Gasteiger partial charge >= 0.3 is 23.9 Å². The summed E-state index contributed by atoms with van der Waals surface area (Å²) in [7, 11) is 0. The minimum absolute atomic E-state index is 0.324. The molecule has 16 heteroatoms. The maximum absolute atomic E-state index is 11.2. The summed E-state index contributed by atoms with van der Waals surface area (Å²) >= 11 is 9.59. The van der Waals surface area contributed by atoms with Gasteiger partial charge in [-0.15, -0.1) is 0 Å². The number of carboxylic acid groups (broad SMARTS) is 4. The van der Waals surface area contributed by atoms with E-state index >= 15 is 0 Å². The minimum Gasteiger partial charge on any atom is -0.480 e. The number of thioether (sulfide) groups is 3. The third kappa shape index (κ3) is 31.4. The van der Waals surface area contributed by atoms with Gasteiger partial charge in [0.1, 0.15) is 24.2 Å². The molecule has 1 fully saturated rings. The molecule has 66 heavy (non-hydrogen) atoms. The largest absolute Gasteiger partial charge is 0.480 e. The molecule has 12 nitrogen and oxygen atoms in total. The predicted molar refractivity (Wildman–Crippen MR) is 291 cm³/mol. The van der Waals surface area contributed by atoms with Gasteiger partial charge in [-0.05, 0) is 83.0 Å². The summed E-state index contributed by atoms with van der Waals surface area (Å²) in [6.45, 7) is 18.9. The average molecular weight is 1020 g/mol. The Labute approximate surface area is 421 Å². The molecular weight excluding hydrogens is 913 g/mol. The van der Waals surface area contributed by atoms with Gasteiger partial charge in [0.2, 0.25) is 0 Å². The van der Waals surface area contributed by atoms with E-state index in [0.717, 1.165) is 94.3 Å². The fourth-order valence-corrected chi connectivity index (χ4v) is 12.1. The Balaban J connectivity index is -0.000000809. The molecule has 7 unspecified atom stereocenters. The summed E-state index contributed by atoms with van der Waals surface area (Å²) in [5.74, 6) is -0.673. The minimum atomic E-state index is -0.933. The van der Waals surface area contributed by atoms with Crippen LogP contribution in [0.1, 0.15) is 229 Å².